The monoisotopic (exact) mass is 354 g/mol. The van der Waals surface area contributed by atoms with Crippen molar-refractivity contribution in [3.8, 4) is 11.5 Å². The average molecular weight is 354 g/mol. The zero-order chi connectivity index (χ0) is 18.1. The lowest BCUT2D eigenvalue weighted by atomic mass is 9.99. The first kappa shape index (κ1) is 17.6. The van der Waals surface area contributed by atoms with E-state index in [4.69, 9.17) is 18.6 Å². The SMILES string of the molecule is COc1cc2oc(=O)ccc2cc1O[C@@H]1O[C@H](CO)[C@H](O)[C@H](O)[C@H]1O. The van der Waals surface area contributed by atoms with Crippen LogP contribution < -0.4 is 15.1 Å². The van der Waals surface area contributed by atoms with Gasteiger partial charge in [-0.1, -0.05) is 0 Å². The summed E-state index contributed by atoms with van der Waals surface area (Å²) in [6.45, 7) is -0.565. The van der Waals surface area contributed by atoms with Crippen molar-refractivity contribution < 1.29 is 39.1 Å². The van der Waals surface area contributed by atoms with E-state index in [1.54, 1.807) is 0 Å². The number of ether oxygens (including phenoxy) is 3. The number of hydrogen-bond acceptors (Lipinski definition) is 9. The normalized spacial score (nSPS) is 29.6. The molecule has 0 amide bonds. The smallest absolute Gasteiger partial charge is 0.336 e. The molecule has 9 heteroatoms. The number of methoxy groups -OCH3 is 1. The van der Waals surface area contributed by atoms with Crippen LogP contribution in [0.4, 0.5) is 0 Å². The molecule has 1 aliphatic heterocycles. The summed E-state index contributed by atoms with van der Waals surface area (Å²) in [5.41, 5.74) is -0.234. The molecule has 1 aliphatic rings. The van der Waals surface area contributed by atoms with Gasteiger partial charge < -0.3 is 39.1 Å². The third-order valence-corrected chi connectivity index (χ3v) is 4.00. The second-order valence-corrected chi connectivity index (χ2v) is 5.61. The molecule has 0 saturated carbocycles. The van der Waals surface area contributed by atoms with E-state index in [-0.39, 0.29) is 17.1 Å². The average Bonchev–Trinajstić information content (AvgIpc) is 2.61. The van der Waals surface area contributed by atoms with E-state index < -0.39 is 42.9 Å². The Morgan fingerprint density at radius 1 is 1.08 bits per heavy atom. The molecule has 0 unspecified atom stereocenters. The van der Waals surface area contributed by atoms with Crippen LogP contribution in [0, 0.1) is 0 Å². The van der Waals surface area contributed by atoms with E-state index >= 15 is 0 Å². The summed E-state index contributed by atoms with van der Waals surface area (Å²) in [7, 11) is 1.38. The summed E-state index contributed by atoms with van der Waals surface area (Å²) in [4.78, 5) is 11.3. The highest BCUT2D eigenvalue weighted by Crippen LogP contribution is 2.34. The summed E-state index contributed by atoms with van der Waals surface area (Å²) in [5, 5.41) is 39.4. The predicted molar refractivity (Wildman–Crippen MR) is 83.4 cm³/mol. The fourth-order valence-corrected chi connectivity index (χ4v) is 2.62. The van der Waals surface area contributed by atoms with Crippen molar-refractivity contribution in [2.75, 3.05) is 13.7 Å². The van der Waals surface area contributed by atoms with Gasteiger partial charge in [-0.3, -0.25) is 0 Å². The fraction of sp³-hybridized carbons (Fsp3) is 0.438. The number of fused-ring (bicyclic) bond motifs is 1. The first-order valence-electron chi connectivity index (χ1n) is 7.53. The molecule has 2 heterocycles. The summed E-state index contributed by atoms with van der Waals surface area (Å²) in [6, 6.07) is 5.72. The molecule has 1 saturated heterocycles. The highest BCUT2D eigenvalue weighted by atomic mass is 16.7. The van der Waals surface area contributed by atoms with E-state index in [1.807, 2.05) is 0 Å². The Morgan fingerprint density at radius 2 is 1.84 bits per heavy atom. The number of benzene rings is 1. The van der Waals surface area contributed by atoms with Crippen LogP contribution in [-0.4, -0.2) is 64.8 Å². The standard InChI is InChI=1S/C16H18O9/c1-22-9-5-8-7(2-3-12(18)23-8)4-10(9)24-16-15(21)14(20)13(19)11(6-17)25-16/h2-5,11,13-17,19-21H,6H2,1H3/t11-,13+,14+,15-,16-/m1/s1. The van der Waals surface area contributed by atoms with Crippen molar-refractivity contribution in [1.29, 1.82) is 0 Å². The van der Waals surface area contributed by atoms with Crippen LogP contribution in [0.2, 0.25) is 0 Å². The molecule has 2 aromatic rings. The third-order valence-electron chi connectivity index (χ3n) is 4.00. The summed E-state index contributed by atoms with van der Waals surface area (Å²) < 4.78 is 21.1. The van der Waals surface area contributed by atoms with Crippen molar-refractivity contribution in [3.05, 3.63) is 34.7 Å². The molecule has 1 aromatic carbocycles. The lowest BCUT2D eigenvalue weighted by molar-refractivity contribution is -0.277. The van der Waals surface area contributed by atoms with Gasteiger partial charge in [-0.15, -0.1) is 0 Å². The van der Waals surface area contributed by atoms with Gasteiger partial charge in [-0.25, -0.2) is 4.79 Å². The fourth-order valence-electron chi connectivity index (χ4n) is 2.62. The Hall–Kier alpha value is -2.17. The second kappa shape index (κ2) is 6.98. The first-order chi connectivity index (χ1) is 11.9. The Kier molecular flexibility index (Phi) is 4.93. The van der Waals surface area contributed by atoms with Crippen LogP contribution in [0.25, 0.3) is 11.0 Å². The maximum atomic E-state index is 11.3. The number of hydrogen-bond donors (Lipinski definition) is 4. The molecule has 3 rings (SSSR count). The first-order valence-corrected chi connectivity index (χ1v) is 7.53. The van der Waals surface area contributed by atoms with E-state index in [1.165, 1.54) is 31.4 Å². The minimum absolute atomic E-state index is 0.160. The van der Waals surface area contributed by atoms with Crippen molar-refractivity contribution in [3.63, 3.8) is 0 Å². The van der Waals surface area contributed by atoms with E-state index in [9.17, 15) is 25.2 Å². The minimum atomic E-state index is -1.56. The Morgan fingerprint density at radius 3 is 2.52 bits per heavy atom. The molecule has 1 fully saturated rings. The Bertz CT molecular complexity index is 800. The molecule has 0 radical (unpaired) electrons. The molecule has 0 bridgehead atoms. The van der Waals surface area contributed by atoms with E-state index in [2.05, 4.69) is 0 Å². The maximum Gasteiger partial charge on any atom is 0.336 e. The van der Waals surface area contributed by atoms with Crippen LogP contribution in [0.3, 0.4) is 0 Å². The number of aliphatic hydroxyl groups is 4. The molecule has 5 atom stereocenters. The van der Waals surface area contributed by atoms with Gasteiger partial charge in [-0.05, 0) is 12.1 Å². The van der Waals surface area contributed by atoms with Crippen LogP contribution >= 0.6 is 0 Å². The van der Waals surface area contributed by atoms with Gasteiger partial charge in [0, 0.05) is 17.5 Å². The topological polar surface area (TPSA) is 139 Å². The molecule has 9 nitrogen and oxygen atoms in total. The lowest BCUT2D eigenvalue weighted by Gasteiger charge is -2.39. The highest BCUT2D eigenvalue weighted by Gasteiger charge is 2.45. The van der Waals surface area contributed by atoms with Crippen molar-refractivity contribution >= 4 is 11.0 Å². The van der Waals surface area contributed by atoms with Crippen LogP contribution in [0.5, 0.6) is 11.5 Å². The van der Waals surface area contributed by atoms with Gasteiger partial charge in [0.25, 0.3) is 0 Å². The highest BCUT2D eigenvalue weighted by molar-refractivity contribution is 5.80. The van der Waals surface area contributed by atoms with Gasteiger partial charge in [-0.2, -0.15) is 0 Å². The molecular weight excluding hydrogens is 336 g/mol. The molecular formula is C16H18O9. The summed E-state index contributed by atoms with van der Waals surface area (Å²) in [5.74, 6) is 0.368. The van der Waals surface area contributed by atoms with Gasteiger partial charge in [0.1, 0.15) is 30.0 Å². The van der Waals surface area contributed by atoms with E-state index in [0.29, 0.717) is 5.39 Å². The minimum Gasteiger partial charge on any atom is -0.493 e. The maximum absolute atomic E-state index is 11.3. The van der Waals surface area contributed by atoms with Crippen LogP contribution in [0.1, 0.15) is 0 Å². The van der Waals surface area contributed by atoms with Crippen molar-refractivity contribution in [2.24, 2.45) is 0 Å². The molecule has 4 N–H and O–H groups in total. The molecule has 25 heavy (non-hydrogen) atoms. The van der Waals surface area contributed by atoms with Crippen molar-refractivity contribution in [1.82, 2.24) is 0 Å². The summed E-state index contributed by atoms with van der Waals surface area (Å²) >= 11 is 0. The number of rotatable bonds is 4. The van der Waals surface area contributed by atoms with Crippen LogP contribution in [0.15, 0.2) is 33.5 Å². The zero-order valence-corrected chi connectivity index (χ0v) is 13.2. The predicted octanol–water partition coefficient (Wildman–Crippen LogP) is -1.02. The second-order valence-electron chi connectivity index (χ2n) is 5.61. The van der Waals surface area contributed by atoms with Crippen molar-refractivity contribution in [2.45, 2.75) is 30.7 Å². The van der Waals surface area contributed by atoms with Crippen LogP contribution in [-0.2, 0) is 4.74 Å². The van der Waals surface area contributed by atoms with E-state index in [0.717, 1.165) is 0 Å². The Labute approximate surface area is 141 Å². The lowest BCUT2D eigenvalue weighted by Crippen LogP contribution is -2.60. The molecule has 136 valence electrons. The molecule has 1 aromatic heterocycles. The molecule has 0 spiro atoms. The summed E-state index contributed by atoms with van der Waals surface area (Å²) in [6.07, 6.45) is -7.02. The van der Waals surface area contributed by atoms with Gasteiger partial charge in [0.05, 0.1) is 13.7 Å². The van der Waals surface area contributed by atoms with Gasteiger partial charge in [0.2, 0.25) is 6.29 Å². The Balaban J connectivity index is 1.93. The third kappa shape index (κ3) is 3.32. The van der Waals surface area contributed by atoms with Gasteiger partial charge in [0.15, 0.2) is 11.5 Å². The zero-order valence-electron chi connectivity index (χ0n) is 13.2. The van der Waals surface area contributed by atoms with Gasteiger partial charge >= 0.3 is 5.63 Å². The largest absolute Gasteiger partial charge is 0.493 e. The quantitative estimate of drug-likeness (QED) is 0.508. The number of aliphatic hydroxyl groups excluding tert-OH is 4. The molecule has 0 aliphatic carbocycles.